The van der Waals surface area contributed by atoms with Gasteiger partial charge in [0, 0.05) is 6.42 Å². The van der Waals surface area contributed by atoms with Crippen molar-refractivity contribution in [2.24, 2.45) is 0 Å². The maximum absolute atomic E-state index is 12.4. The van der Waals surface area contributed by atoms with Crippen LogP contribution in [0.4, 0.5) is 4.79 Å². The zero-order valence-corrected chi connectivity index (χ0v) is 14.8. The maximum atomic E-state index is 12.4. The lowest BCUT2D eigenvalue weighted by atomic mass is 10.1. The SMILES string of the molecule is O=C1NC(Cc2ccccc2)C(=O)N1CCOc1c(Cl)cccc1Cl. The van der Waals surface area contributed by atoms with E-state index in [1.165, 1.54) is 0 Å². The first-order chi connectivity index (χ1) is 12.1. The number of rotatable bonds is 6. The van der Waals surface area contributed by atoms with E-state index in [2.05, 4.69) is 5.32 Å². The van der Waals surface area contributed by atoms with Crippen molar-refractivity contribution in [3.63, 3.8) is 0 Å². The number of nitrogens with one attached hydrogen (secondary N) is 1. The van der Waals surface area contributed by atoms with Crippen LogP contribution in [-0.4, -0.2) is 36.0 Å². The number of urea groups is 1. The van der Waals surface area contributed by atoms with Gasteiger partial charge in [-0.1, -0.05) is 59.6 Å². The lowest BCUT2D eigenvalue weighted by Gasteiger charge is -2.15. The number of carbonyl (C=O) groups excluding carboxylic acids is 2. The fourth-order valence-corrected chi connectivity index (χ4v) is 3.14. The normalized spacial score (nSPS) is 16.9. The van der Waals surface area contributed by atoms with Crippen LogP contribution in [0.5, 0.6) is 5.75 Å². The Morgan fingerprint density at radius 2 is 1.68 bits per heavy atom. The molecule has 3 rings (SSSR count). The summed E-state index contributed by atoms with van der Waals surface area (Å²) in [6.45, 7) is 0.234. The van der Waals surface area contributed by atoms with Gasteiger partial charge >= 0.3 is 6.03 Å². The minimum absolute atomic E-state index is 0.112. The number of para-hydroxylation sites is 1. The van der Waals surface area contributed by atoms with Gasteiger partial charge in [0.25, 0.3) is 5.91 Å². The van der Waals surface area contributed by atoms with Gasteiger partial charge in [-0.2, -0.15) is 0 Å². The van der Waals surface area contributed by atoms with Gasteiger partial charge in [-0.05, 0) is 17.7 Å². The molecule has 0 aliphatic carbocycles. The molecule has 0 bridgehead atoms. The van der Waals surface area contributed by atoms with Crippen LogP contribution in [-0.2, 0) is 11.2 Å². The van der Waals surface area contributed by atoms with Gasteiger partial charge in [-0.15, -0.1) is 0 Å². The molecule has 1 aliphatic rings. The molecule has 25 heavy (non-hydrogen) atoms. The third kappa shape index (κ3) is 4.06. The van der Waals surface area contributed by atoms with E-state index < -0.39 is 12.1 Å². The molecule has 0 aromatic heterocycles. The molecule has 0 radical (unpaired) electrons. The minimum atomic E-state index is -0.557. The summed E-state index contributed by atoms with van der Waals surface area (Å²) < 4.78 is 5.54. The molecule has 0 saturated carbocycles. The highest BCUT2D eigenvalue weighted by molar-refractivity contribution is 6.37. The second-order valence-corrected chi connectivity index (χ2v) is 6.40. The summed E-state index contributed by atoms with van der Waals surface area (Å²) in [4.78, 5) is 25.6. The maximum Gasteiger partial charge on any atom is 0.324 e. The third-order valence-electron chi connectivity index (χ3n) is 3.87. The van der Waals surface area contributed by atoms with Crippen molar-refractivity contribution in [2.75, 3.05) is 13.2 Å². The lowest BCUT2D eigenvalue weighted by Crippen LogP contribution is -2.35. The van der Waals surface area contributed by atoms with Gasteiger partial charge in [0.15, 0.2) is 5.75 Å². The van der Waals surface area contributed by atoms with Crippen molar-refractivity contribution < 1.29 is 14.3 Å². The van der Waals surface area contributed by atoms with Crippen molar-refractivity contribution in [3.05, 3.63) is 64.1 Å². The number of benzene rings is 2. The Hall–Kier alpha value is -2.24. The Labute approximate surface area is 155 Å². The number of imide groups is 1. The van der Waals surface area contributed by atoms with Crippen LogP contribution in [0.25, 0.3) is 0 Å². The van der Waals surface area contributed by atoms with Crippen molar-refractivity contribution in [1.82, 2.24) is 10.2 Å². The van der Waals surface area contributed by atoms with Gasteiger partial charge in [-0.25, -0.2) is 4.79 Å². The average Bonchev–Trinajstić information content (AvgIpc) is 2.85. The fraction of sp³-hybridized carbons (Fsp3) is 0.222. The van der Waals surface area contributed by atoms with Crippen LogP contribution in [0.15, 0.2) is 48.5 Å². The van der Waals surface area contributed by atoms with Crippen LogP contribution in [0.3, 0.4) is 0 Å². The summed E-state index contributed by atoms with van der Waals surface area (Å²) in [5.74, 6) is 0.0847. The quantitative estimate of drug-likeness (QED) is 0.782. The number of carbonyl (C=O) groups is 2. The Bertz CT molecular complexity index is 763. The zero-order chi connectivity index (χ0) is 17.8. The molecule has 1 atom stereocenters. The average molecular weight is 379 g/mol. The highest BCUT2D eigenvalue weighted by Gasteiger charge is 2.37. The van der Waals surface area contributed by atoms with E-state index in [0.717, 1.165) is 10.5 Å². The second-order valence-electron chi connectivity index (χ2n) is 5.58. The molecule has 7 heteroatoms. The Kier molecular flexibility index (Phi) is 5.46. The molecule has 1 N–H and O–H groups in total. The number of nitrogens with zero attached hydrogens (tertiary/aromatic N) is 1. The summed E-state index contributed by atoms with van der Waals surface area (Å²) in [6, 6.07) is 13.6. The van der Waals surface area contributed by atoms with Gasteiger partial charge in [-0.3, -0.25) is 9.69 Å². The first-order valence-electron chi connectivity index (χ1n) is 7.79. The van der Waals surface area contributed by atoms with Crippen molar-refractivity contribution in [3.8, 4) is 5.75 Å². The molecular formula is C18H16Cl2N2O3. The number of ether oxygens (including phenoxy) is 1. The smallest absolute Gasteiger partial charge is 0.324 e. The number of amides is 3. The molecule has 1 unspecified atom stereocenters. The largest absolute Gasteiger partial charge is 0.489 e. The summed E-state index contributed by atoms with van der Waals surface area (Å²) in [5.41, 5.74) is 0.988. The number of hydrogen-bond acceptors (Lipinski definition) is 3. The standard InChI is InChI=1S/C18H16Cl2N2O3/c19-13-7-4-8-14(20)16(13)25-10-9-22-17(23)15(21-18(22)24)11-12-5-2-1-3-6-12/h1-8,15H,9-11H2,(H,21,24). The van der Waals surface area contributed by atoms with E-state index in [4.69, 9.17) is 27.9 Å². The van der Waals surface area contributed by atoms with Gasteiger partial charge in [0.05, 0.1) is 16.6 Å². The summed E-state index contributed by atoms with van der Waals surface area (Å²) >= 11 is 12.1. The van der Waals surface area contributed by atoms with E-state index >= 15 is 0 Å². The van der Waals surface area contributed by atoms with Crippen LogP contribution in [0, 0.1) is 0 Å². The minimum Gasteiger partial charge on any atom is -0.489 e. The summed E-state index contributed by atoms with van der Waals surface area (Å²) in [7, 11) is 0. The van der Waals surface area contributed by atoms with E-state index in [9.17, 15) is 9.59 Å². The zero-order valence-electron chi connectivity index (χ0n) is 13.2. The predicted molar refractivity (Wildman–Crippen MR) is 96.1 cm³/mol. The lowest BCUT2D eigenvalue weighted by molar-refractivity contribution is -0.127. The van der Waals surface area contributed by atoms with Crippen LogP contribution in [0.1, 0.15) is 5.56 Å². The van der Waals surface area contributed by atoms with Crippen LogP contribution < -0.4 is 10.1 Å². The predicted octanol–water partition coefficient (Wildman–Crippen LogP) is 3.54. The third-order valence-corrected chi connectivity index (χ3v) is 4.47. The molecule has 3 amide bonds. The molecular weight excluding hydrogens is 363 g/mol. The summed E-state index contributed by atoms with van der Waals surface area (Å²) in [6.07, 6.45) is 0.457. The number of hydrogen-bond donors (Lipinski definition) is 1. The van der Waals surface area contributed by atoms with E-state index in [0.29, 0.717) is 22.2 Å². The van der Waals surface area contributed by atoms with Crippen molar-refractivity contribution in [1.29, 1.82) is 0 Å². The fourth-order valence-electron chi connectivity index (χ4n) is 2.64. The summed E-state index contributed by atoms with van der Waals surface area (Å²) in [5, 5.41) is 3.47. The molecule has 2 aromatic carbocycles. The molecule has 0 spiro atoms. The van der Waals surface area contributed by atoms with Gasteiger partial charge < -0.3 is 10.1 Å². The molecule has 2 aromatic rings. The highest BCUT2D eigenvalue weighted by Crippen LogP contribution is 2.32. The Morgan fingerprint density at radius 1 is 1.00 bits per heavy atom. The molecule has 1 heterocycles. The van der Waals surface area contributed by atoms with Gasteiger partial charge in [0.2, 0.25) is 0 Å². The first-order valence-corrected chi connectivity index (χ1v) is 8.54. The highest BCUT2D eigenvalue weighted by atomic mass is 35.5. The van der Waals surface area contributed by atoms with Crippen LogP contribution >= 0.6 is 23.2 Å². The van der Waals surface area contributed by atoms with E-state index in [-0.39, 0.29) is 19.1 Å². The Morgan fingerprint density at radius 3 is 2.36 bits per heavy atom. The molecule has 130 valence electrons. The van der Waals surface area contributed by atoms with E-state index in [1.54, 1.807) is 18.2 Å². The molecule has 5 nitrogen and oxygen atoms in total. The van der Waals surface area contributed by atoms with Crippen LogP contribution in [0.2, 0.25) is 10.0 Å². The topological polar surface area (TPSA) is 58.6 Å². The first kappa shape index (κ1) is 17.6. The van der Waals surface area contributed by atoms with E-state index in [1.807, 2.05) is 30.3 Å². The van der Waals surface area contributed by atoms with Crippen molar-refractivity contribution in [2.45, 2.75) is 12.5 Å². The number of halogens is 2. The Balaban J connectivity index is 1.58. The molecule has 1 saturated heterocycles. The van der Waals surface area contributed by atoms with Gasteiger partial charge in [0.1, 0.15) is 12.6 Å². The molecule has 1 aliphatic heterocycles. The second kappa shape index (κ2) is 7.76. The van der Waals surface area contributed by atoms with Crippen molar-refractivity contribution >= 4 is 35.1 Å². The molecule has 1 fully saturated rings. The monoisotopic (exact) mass is 378 g/mol.